The molecule has 1 aliphatic rings. The number of benzene rings is 2. The van der Waals surface area contributed by atoms with Gasteiger partial charge in [0.05, 0.1) is 11.5 Å². The molecule has 1 unspecified atom stereocenters. The first-order valence-electron chi connectivity index (χ1n) is 9.54. The van der Waals surface area contributed by atoms with Gasteiger partial charge in [0.15, 0.2) is 0 Å². The molecule has 26 heavy (non-hydrogen) atoms. The molecule has 1 fully saturated rings. The number of nitrogens with zero attached hydrogens (tertiary/aromatic N) is 2. The van der Waals surface area contributed by atoms with E-state index in [4.69, 9.17) is 0 Å². The second kappa shape index (κ2) is 8.84. The Morgan fingerprint density at radius 3 is 2.38 bits per heavy atom. The molecule has 0 spiro atoms. The maximum Gasteiger partial charge on any atom is 0.0850 e. The molecule has 2 aromatic carbocycles. The van der Waals surface area contributed by atoms with E-state index in [-0.39, 0.29) is 5.41 Å². The summed E-state index contributed by atoms with van der Waals surface area (Å²) in [5.41, 5.74) is 2.28. The first-order valence-corrected chi connectivity index (χ1v) is 10.3. The Morgan fingerprint density at radius 1 is 1.08 bits per heavy atom. The van der Waals surface area contributed by atoms with Crippen molar-refractivity contribution in [3.05, 3.63) is 70.2 Å². The van der Waals surface area contributed by atoms with Crippen molar-refractivity contribution in [2.45, 2.75) is 37.5 Å². The van der Waals surface area contributed by atoms with E-state index in [2.05, 4.69) is 88.5 Å². The van der Waals surface area contributed by atoms with Crippen molar-refractivity contribution in [1.82, 2.24) is 4.90 Å². The van der Waals surface area contributed by atoms with E-state index < -0.39 is 0 Å². The molecule has 136 valence electrons. The Hall–Kier alpha value is -1.63. The lowest BCUT2D eigenvalue weighted by molar-refractivity contribution is 0.308. The van der Waals surface area contributed by atoms with Crippen LogP contribution < -0.4 is 0 Å². The van der Waals surface area contributed by atoms with Gasteiger partial charge >= 0.3 is 0 Å². The molecule has 0 heterocycles. The fraction of sp³-hybridized carbons (Fsp3) is 0.435. The molecule has 2 aromatic rings. The van der Waals surface area contributed by atoms with Crippen LogP contribution in [0.2, 0.25) is 0 Å². The van der Waals surface area contributed by atoms with Crippen LogP contribution in [0.4, 0.5) is 0 Å². The molecule has 1 atom stereocenters. The van der Waals surface area contributed by atoms with Crippen LogP contribution in [0.25, 0.3) is 0 Å². The normalized spacial score (nSPS) is 16.2. The third kappa shape index (κ3) is 4.75. The third-order valence-electron chi connectivity index (χ3n) is 5.57. The number of rotatable bonds is 9. The predicted molar refractivity (Wildman–Crippen MR) is 111 cm³/mol. The van der Waals surface area contributed by atoms with E-state index in [0.717, 1.165) is 36.8 Å². The standard InChI is InChI=1S/C23H27BrN2/c1-26(17-14-19-6-3-2-4-7-19)16-5-15-23(18-25,20-8-9-20)21-10-12-22(24)13-11-21/h2-4,6-7,10-13,20H,5,8-9,14-17H2,1H3. The minimum atomic E-state index is -0.305. The monoisotopic (exact) mass is 410 g/mol. The molecule has 0 aliphatic heterocycles. The van der Waals surface area contributed by atoms with Crippen LogP contribution in [0.1, 0.15) is 36.8 Å². The molecule has 2 nitrogen and oxygen atoms in total. The van der Waals surface area contributed by atoms with Crippen molar-refractivity contribution < 1.29 is 0 Å². The summed E-state index contributed by atoms with van der Waals surface area (Å²) < 4.78 is 1.07. The maximum absolute atomic E-state index is 10.1. The van der Waals surface area contributed by atoms with Crippen LogP contribution in [0.3, 0.4) is 0 Å². The first-order chi connectivity index (χ1) is 12.6. The molecule has 0 N–H and O–H groups in total. The summed E-state index contributed by atoms with van der Waals surface area (Å²) in [6.07, 6.45) is 5.47. The Labute approximate surface area is 166 Å². The molecule has 0 radical (unpaired) electrons. The molecule has 3 rings (SSSR count). The smallest absolute Gasteiger partial charge is 0.0850 e. The van der Waals surface area contributed by atoms with Gasteiger partial charge in [-0.3, -0.25) is 0 Å². The third-order valence-corrected chi connectivity index (χ3v) is 6.10. The fourth-order valence-corrected chi connectivity index (χ4v) is 4.09. The van der Waals surface area contributed by atoms with Crippen LogP contribution in [0, 0.1) is 17.2 Å². The molecular weight excluding hydrogens is 384 g/mol. The van der Waals surface area contributed by atoms with Gasteiger partial charge in [-0.25, -0.2) is 0 Å². The quantitative estimate of drug-likeness (QED) is 0.539. The lowest BCUT2D eigenvalue weighted by Gasteiger charge is -2.28. The summed E-state index contributed by atoms with van der Waals surface area (Å²) in [5.74, 6) is 0.531. The Bertz CT molecular complexity index is 731. The Morgan fingerprint density at radius 2 is 1.77 bits per heavy atom. The second-order valence-electron chi connectivity index (χ2n) is 7.51. The number of halogens is 1. The van der Waals surface area contributed by atoms with Gasteiger partial charge in [0, 0.05) is 11.0 Å². The van der Waals surface area contributed by atoms with Gasteiger partial charge in [0.25, 0.3) is 0 Å². The minimum absolute atomic E-state index is 0.305. The van der Waals surface area contributed by atoms with Crippen LogP contribution in [-0.2, 0) is 11.8 Å². The van der Waals surface area contributed by atoms with Crippen molar-refractivity contribution in [2.24, 2.45) is 5.92 Å². The summed E-state index contributed by atoms with van der Waals surface area (Å²) in [6.45, 7) is 2.10. The number of hydrogen-bond acceptors (Lipinski definition) is 2. The lowest BCUT2D eigenvalue weighted by Crippen LogP contribution is -2.29. The van der Waals surface area contributed by atoms with Gasteiger partial charge in [-0.1, -0.05) is 58.4 Å². The molecule has 3 heteroatoms. The van der Waals surface area contributed by atoms with E-state index in [0.29, 0.717) is 5.92 Å². The first kappa shape index (κ1) is 19.1. The zero-order valence-electron chi connectivity index (χ0n) is 15.5. The van der Waals surface area contributed by atoms with E-state index in [1.165, 1.54) is 24.0 Å². The van der Waals surface area contributed by atoms with Gasteiger partial charge in [-0.15, -0.1) is 0 Å². The zero-order valence-corrected chi connectivity index (χ0v) is 17.1. The summed E-state index contributed by atoms with van der Waals surface area (Å²) in [5, 5.41) is 10.1. The average Bonchev–Trinajstić information content (AvgIpc) is 3.51. The predicted octanol–water partition coefficient (Wildman–Crippen LogP) is 5.58. The molecule has 0 saturated heterocycles. The highest BCUT2D eigenvalue weighted by atomic mass is 79.9. The molecule has 1 aliphatic carbocycles. The Balaban J connectivity index is 1.55. The highest BCUT2D eigenvalue weighted by Crippen LogP contribution is 2.50. The van der Waals surface area contributed by atoms with Gasteiger partial charge in [-0.05, 0) is 74.9 Å². The number of hydrogen-bond donors (Lipinski definition) is 0. The summed E-state index contributed by atoms with van der Waals surface area (Å²) in [6, 6.07) is 21.7. The largest absolute Gasteiger partial charge is 0.306 e. The van der Waals surface area contributed by atoms with Gasteiger partial charge in [0.1, 0.15) is 0 Å². The zero-order chi connectivity index (χ0) is 18.4. The van der Waals surface area contributed by atoms with E-state index in [1.807, 2.05) is 0 Å². The van der Waals surface area contributed by atoms with Crippen molar-refractivity contribution in [3.8, 4) is 6.07 Å². The van der Waals surface area contributed by atoms with Crippen LogP contribution >= 0.6 is 15.9 Å². The van der Waals surface area contributed by atoms with Crippen molar-refractivity contribution in [2.75, 3.05) is 20.1 Å². The second-order valence-corrected chi connectivity index (χ2v) is 8.42. The van der Waals surface area contributed by atoms with Crippen molar-refractivity contribution >= 4 is 15.9 Å². The topological polar surface area (TPSA) is 27.0 Å². The van der Waals surface area contributed by atoms with E-state index >= 15 is 0 Å². The van der Waals surface area contributed by atoms with E-state index in [1.54, 1.807) is 0 Å². The molecular formula is C23H27BrN2. The maximum atomic E-state index is 10.1. The summed E-state index contributed by atoms with van der Waals surface area (Å²) in [4.78, 5) is 2.39. The fourth-order valence-electron chi connectivity index (χ4n) is 3.82. The van der Waals surface area contributed by atoms with Crippen LogP contribution in [0.5, 0.6) is 0 Å². The summed E-state index contributed by atoms with van der Waals surface area (Å²) >= 11 is 3.51. The minimum Gasteiger partial charge on any atom is -0.306 e. The number of nitriles is 1. The SMILES string of the molecule is CN(CCCC(C#N)(c1ccc(Br)cc1)C1CC1)CCc1ccccc1. The van der Waals surface area contributed by atoms with Crippen molar-refractivity contribution in [3.63, 3.8) is 0 Å². The van der Waals surface area contributed by atoms with Crippen molar-refractivity contribution in [1.29, 1.82) is 5.26 Å². The molecule has 0 bridgehead atoms. The molecule has 1 saturated carbocycles. The van der Waals surface area contributed by atoms with E-state index in [9.17, 15) is 5.26 Å². The van der Waals surface area contributed by atoms with Crippen LogP contribution in [0.15, 0.2) is 59.1 Å². The number of likely N-dealkylation sites (N-methyl/N-ethyl adjacent to an activating group) is 1. The Kier molecular flexibility index (Phi) is 6.51. The highest BCUT2D eigenvalue weighted by molar-refractivity contribution is 9.10. The molecule has 0 aromatic heterocycles. The summed E-state index contributed by atoms with van der Waals surface area (Å²) in [7, 11) is 2.19. The lowest BCUT2D eigenvalue weighted by atomic mass is 9.74. The van der Waals surface area contributed by atoms with Gasteiger partial charge < -0.3 is 4.90 Å². The van der Waals surface area contributed by atoms with Crippen LogP contribution in [-0.4, -0.2) is 25.0 Å². The molecule has 0 amide bonds. The van der Waals surface area contributed by atoms with Gasteiger partial charge in [0.2, 0.25) is 0 Å². The highest BCUT2D eigenvalue weighted by Gasteiger charge is 2.46. The average molecular weight is 411 g/mol. The van der Waals surface area contributed by atoms with Gasteiger partial charge in [-0.2, -0.15) is 5.26 Å².